The summed E-state index contributed by atoms with van der Waals surface area (Å²) in [5.41, 5.74) is 0.207. The summed E-state index contributed by atoms with van der Waals surface area (Å²) < 4.78 is 32.2. The van der Waals surface area contributed by atoms with E-state index in [1.165, 1.54) is 12.1 Å². The summed E-state index contributed by atoms with van der Waals surface area (Å²) in [4.78, 5) is 8.99. The number of rotatable bonds is 4. The largest absolute Gasteiger partial charge is 0.527 e. The first-order chi connectivity index (χ1) is 6.59. The molecule has 1 aromatic rings. The lowest BCUT2D eigenvalue weighted by Crippen LogP contribution is -1.96. The average molecular weight is 220 g/mol. The van der Waals surface area contributed by atoms with E-state index in [0.717, 1.165) is 7.11 Å². The first-order valence-electron chi connectivity index (χ1n) is 3.81. The highest BCUT2D eigenvalue weighted by Crippen LogP contribution is 2.43. The average Bonchev–Trinajstić information content (AvgIpc) is 2.18. The Balaban J connectivity index is 2.91. The Kier molecular flexibility index (Phi) is 3.63. The van der Waals surface area contributed by atoms with Crippen LogP contribution in [0.15, 0.2) is 24.3 Å². The molecule has 1 aromatic carbocycles. The third-order valence-corrected chi connectivity index (χ3v) is 2.45. The second kappa shape index (κ2) is 4.55. The molecular weight excluding hydrogens is 210 g/mol. The smallest absolute Gasteiger partial charge is 0.404 e. The summed E-state index contributed by atoms with van der Waals surface area (Å²) in [6.45, 7) is -0.764. The van der Waals surface area contributed by atoms with Gasteiger partial charge in [0.25, 0.3) is 0 Å². The molecule has 0 radical (unpaired) electrons. The molecule has 4 nitrogen and oxygen atoms in total. The van der Waals surface area contributed by atoms with Crippen molar-refractivity contribution in [1.82, 2.24) is 0 Å². The summed E-state index contributed by atoms with van der Waals surface area (Å²) >= 11 is 0. The number of halogens is 1. The van der Waals surface area contributed by atoms with Gasteiger partial charge in [0, 0.05) is 12.7 Å². The number of alkyl halides is 1. The SMILES string of the molecule is COP(=O)(O)Oc1ccccc1CF. The predicted molar refractivity (Wildman–Crippen MR) is 48.7 cm³/mol. The summed E-state index contributed by atoms with van der Waals surface area (Å²) in [5, 5.41) is 0. The first kappa shape index (κ1) is 11.2. The second-order valence-corrected chi connectivity index (χ2v) is 3.97. The van der Waals surface area contributed by atoms with Gasteiger partial charge in [-0.05, 0) is 6.07 Å². The summed E-state index contributed by atoms with van der Waals surface area (Å²) in [6, 6.07) is 6.04. The number of benzene rings is 1. The molecule has 0 aromatic heterocycles. The predicted octanol–water partition coefficient (Wildman–Crippen LogP) is 2.28. The van der Waals surface area contributed by atoms with Crippen molar-refractivity contribution in [3.63, 3.8) is 0 Å². The Morgan fingerprint density at radius 2 is 2.14 bits per heavy atom. The number of para-hydroxylation sites is 1. The molecular formula is C8H10FO4P. The molecule has 1 unspecified atom stereocenters. The second-order valence-electron chi connectivity index (χ2n) is 2.48. The summed E-state index contributed by atoms with van der Waals surface area (Å²) in [7, 11) is -3.06. The molecule has 0 aliphatic carbocycles. The molecule has 0 spiro atoms. The van der Waals surface area contributed by atoms with E-state index in [1.54, 1.807) is 12.1 Å². The van der Waals surface area contributed by atoms with Gasteiger partial charge in [-0.15, -0.1) is 0 Å². The molecule has 0 saturated heterocycles. The Hall–Kier alpha value is -0.900. The van der Waals surface area contributed by atoms with E-state index in [9.17, 15) is 8.96 Å². The minimum Gasteiger partial charge on any atom is -0.404 e. The Morgan fingerprint density at radius 1 is 1.50 bits per heavy atom. The highest BCUT2D eigenvalue weighted by atomic mass is 31.2. The van der Waals surface area contributed by atoms with Crippen molar-refractivity contribution in [3.8, 4) is 5.75 Å². The maximum absolute atomic E-state index is 12.4. The molecule has 0 aliphatic heterocycles. The molecule has 1 atom stereocenters. The van der Waals surface area contributed by atoms with Crippen molar-refractivity contribution in [2.24, 2.45) is 0 Å². The van der Waals surface area contributed by atoms with Crippen molar-refractivity contribution >= 4 is 7.82 Å². The van der Waals surface area contributed by atoms with E-state index < -0.39 is 14.5 Å². The fourth-order valence-corrected chi connectivity index (χ4v) is 1.37. The van der Waals surface area contributed by atoms with Crippen LogP contribution in [0, 0.1) is 0 Å². The maximum atomic E-state index is 12.4. The van der Waals surface area contributed by atoms with Crippen LogP contribution in [0.4, 0.5) is 4.39 Å². The molecule has 0 saturated carbocycles. The van der Waals surface area contributed by atoms with E-state index in [-0.39, 0.29) is 11.3 Å². The van der Waals surface area contributed by atoms with Gasteiger partial charge < -0.3 is 4.52 Å². The molecule has 0 heterocycles. The van der Waals surface area contributed by atoms with Crippen LogP contribution in [-0.2, 0) is 15.8 Å². The molecule has 78 valence electrons. The van der Waals surface area contributed by atoms with E-state index in [0.29, 0.717) is 0 Å². The molecule has 1 rings (SSSR count). The van der Waals surface area contributed by atoms with Crippen molar-refractivity contribution < 1.29 is 22.9 Å². The van der Waals surface area contributed by atoms with Gasteiger partial charge in [0.2, 0.25) is 0 Å². The Labute approximate surface area is 80.9 Å². The van der Waals surface area contributed by atoms with Crippen LogP contribution in [0.3, 0.4) is 0 Å². The van der Waals surface area contributed by atoms with Crippen LogP contribution < -0.4 is 4.52 Å². The van der Waals surface area contributed by atoms with Gasteiger partial charge in [0.1, 0.15) is 12.4 Å². The van der Waals surface area contributed by atoms with Crippen LogP contribution in [0.25, 0.3) is 0 Å². The lowest BCUT2D eigenvalue weighted by Gasteiger charge is -2.12. The minimum absolute atomic E-state index is 0.0164. The fourth-order valence-electron chi connectivity index (χ4n) is 0.865. The lowest BCUT2D eigenvalue weighted by atomic mass is 10.2. The molecule has 14 heavy (non-hydrogen) atoms. The zero-order valence-electron chi connectivity index (χ0n) is 7.51. The van der Waals surface area contributed by atoms with Crippen LogP contribution in [0.2, 0.25) is 0 Å². The topological polar surface area (TPSA) is 55.8 Å². The van der Waals surface area contributed by atoms with Crippen LogP contribution in [-0.4, -0.2) is 12.0 Å². The monoisotopic (exact) mass is 220 g/mol. The molecule has 0 bridgehead atoms. The quantitative estimate of drug-likeness (QED) is 0.791. The molecule has 0 amide bonds. The Bertz CT molecular complexity index is 355. The van der Waals surface area contributed by atoms with Crippen LogP contribution >= 0.6 is 7.82 Å². The van der Waals surface area contributed by atoms with Gasteiger partial charge in [-0.1, -0.05) is 18.2 Å². The van der Waals surface area contributed by atoms with Crippen molar-refractivity contribution in [2.75, 3.05) is 7.11 Å². The number of hydrogen-bond donors (Lipinski definition) is 1. The van der Waals surface area contributed by atoms with Crippen LogP contribution in [0.5, 0.6) is 5.75 Å². The minimum atomic E-state index is -4.10. The third kappa shape index (κ3) is 2.80. The number of phosphoric ester groups is 1. The van der Waals surface area contributed by atoms with Gasteiger partial charge in [-0.2, -0.15) is 0 Å². The van der Waals surface area contributed by atoms with E-state index in [2.05, 4.69) is 9.05 Å². The zero-order valence-corrected chi connectivity index (χ0v) is 8.41. The standard InChI is InChI=1S/C8H10FO4P/c1-12-14(10,11)13-8-5-3-2-4-7(8)6-9/h2-5H,6H2,1H3,(H,10,11). The van der Waals surface area contributed by atoms with Gasteiger partial charge in [-0.25, -0.2) is 8.96 Å². The van der Waals surface area contributed by atoms with E-state index >= 15 is 0 Å². The number of phosphoric acid groups is 1. The van der Waals surface area contributed by atoms with Crippen LogP contribution in [0.1, 0.15) is 5.56 Å². The fraction of sp³-hybridized carbons (Fsp3) is 0.250. The molecule has 6 heteroatoms. The zero-order chi connectivity index (χ0) is 10.6. The van der Waals surface area contributed by atoms with Gasteiger partial charge in [-0.3, -0.25) is 9.42 Å². The first-order valence-corrected chi connectivity index (χ1v) is 5.30. The lowest BCUT2D eigenvalue weighted by molar-refractivity contribution is 0.241. The van der Waals surface area contributed by atoms with E-state index in [4.69, 9.17) is 4.89 Å². The van der Waals surface area contributed by atoms with Gasteiger partial charge in [0.05, 0.1) is 0 Å². The normalized spacial score (nSPS) is 14.8. The summed E-state index contributed by atoms with van der Waals surface area (Å²) in [6.07, 6.45) is 0. The number of hydrogen-bond acceptors (Lipinski definition) is 3. The van der Waals surface area contributed by atoms with Gasteiger partial charge in [0.15, 0.2) is 0 Å². The van der Waals surface area contributed by atoms with E-state index in [1.807, 2.05) is 0 Å². The highest BCUT2D eigenvalue weighted by Gasteiger charge is 2.21. The molecule has 1 N–H and O–H groups in total. The maximum Gasteiger partial charge on any atom is 0.527 e. The Morgan fingerprint density at radius 3 is 2.71 bits per heavy atom. The summed E-state index contributed by atoms with van der Waals surface area (Å²) in [5.74, 6) is 0.0164. The van der Waals surface area contributed by atoms with Crippen molar-refractivity contribution in [1.29, 1.82) is 0 Å². The molecule has 0 fully saturated rings. The highest BCUT2D eigenvalue weighted by molar-refractivity contribution is 7.47. The van der Waals surface area contributed by atoms with Crippen molar-refractivity contribution in [2.45, 2.75) is 6.67 Å². The van der Waals surface area contributed by atoms with Crippen molar-refractivity contribution in [3.05, 3.63) is 29.8 Å². The van der Waals surface area contributed by atoms with Gasteiger partial charge >= 0.3 is 7.82 Å². The third-order valence-electron chi connectivity index (χ3n) is 1.56. The molecule has 0 aliphatic rings.